The zero-order chi connectivity index (χ0) is 12.1. The zero-order valence-corrected chi connectivity index (χ0v) is 10.1. The van der Waals surface area contributed by atoms with Gasteiger partial charge in [-0.15, -0.1) is 0 Å². The molecule has 1 amide bonds. The van der Waals surface area contributed by atoms with Crippen LogP contribution in [0.5, 0.6) is 0 Å². The maximum absolute atomic E-state index is 11.7. The molecule has 0 bridgehead atoms. The van der Waals surface area contributed by atoms with Crippen molar-refractivity contribution in [2.75, 3.05) is 6.54 Å². The molecule has 0 spiro atoms. The third kappa shape index (κ3) is 4.19. The maximum atomic E-state index is 11.7. The van der Waals surface area contributed by atoms with Gasteiger partial charge in [-0.1, -0.05) is 43.2 Å². The Morgan fingerprint density at radius 2 is 2.06 bits per heavy atom. The van der Waals surface area contributed by atoms with Crippen LogP contribution in [-0.4, -0.2) is 18.5 Å². The molecule has 3 N–H and O–H groups in total. The third-order valence-electron chi connectivity index (χ3n) is 3.18. The third-order valence-corrected chi connectivity index (χ3v) is 3.18. The second-order valence-electron chi connectivity index (χ2n) is 4.82. The number of hydrogen-bond acceptors (Lipinski definition) is 2. The Morgan fingerprint density at radius 1 is 1.35 bits per heavy atom. The van der Waals surface area contributed by atoms with Crippen LogP contribution in [0.15, 0.2) is 30.3 Å². The van der Waals surface area contributed by atoms with Crippen LogP contribution in [0, 0.1) is 5.92 Å². The number of carbonyl (C=O) groups excluding carboxylic acids is 1. The molecular formula is C14H20N2O. The molecule has 1 fully saturated rings. The van der Waals surface area contributed by atoms with Gasteiger partial charge in [-0.05, 0) is 24.3 Å². The van der Waals surface area contributed by atoms with Gasteiger partial charge < -0.3 is 11.1 Å². The Hall–Kier alpha value is -1.35. The van der Waals surface area contributed by atoms with Crippen LogP contribution in [-0.2, 0) is 11.2 Å². The normalized spacial score (nSPS) is 16.5. The quantitative estimate of drug-likeness (QED) is 0.780. The van der Waals surface area contributed by atoms with Crippen molar-refractivity contribution < 1.29 is 4.79 Å². The van der Waals surface area contributed by atoms with Crippen LogP contribution in [0.25, 0.3) is 0 Å². The van der Waals surface area contributed by atoms with Gasteiger partial charge in [0.05, 0.1) is 6.04 Å². The van der Waals surface area contributed by atoms with Crippen molar-refractivity contribution >= 4 is 5.91 Å². The highest BCUT2D eigenvalue weighted by Gasteiger charge is 2.21. The smallest absolute Gasteiger partial charge is 0.237 e. The van der Waals surface area contributed by atoms with E-state index in [4.69, 9.17) is 5.73 Å². The molecule has 1 atom stereocenters. The molecule has 0 unspecified atom stereocenters. The molecule has 1 aliphatic rings. The summed E-state index contributed by atoms with van der Waals surface area (Å²) in [5.41, 5.74) is 6.98. The first-order chi connectivity index (χ1) is 8.25. The predicted octanol–water partition coefficient (Wildman–Crippen LogP) is 1.47. The molecular weight excluding hydrogens is 212 g/mol. The zero-order valence-electron chi connectivity index (χ0n) is 10.1. The average molecular weight is 232 g/mol. The van der Waals surface area contributed by atoms with Crippen molar-refractivity contribution in [3.8, 4) is 0 Å². The monoisotopic (exact) mass is 232 g/mol. The van der Waals surface area contributed by atoms with E-state index in [9.17, 15) is 4.79 Å². The lowest BCUT2D eigenvalue weighted by atomic mass is 10.1. The summed E-state index contributed by atoms with van der Waals surface area (Å²) in [6.07, 6.45) is 4.36. The topological polar surface area (TPSA) is 55.1 Å². The highest BCUT2D eigenvalue weighted by molar-refractivity contribution is 5.81. The van der Waals surface area contributed by atoms with Crippen LogP contribution in [0.1, 0.15) is 24.8 Å². The Morgan fingerprint density at radius 3 is 2.71 bits per heavy atom. The number of nitrogens with one attached hydrogen (secondary N) is 1. The van der Waals surface area contributed by atoms with Gasteiger partial charge in [0.2, 0.25) is 5.91 Å². The predicted molar refractivity (Wildman–Crippen MR) is 68.5 cm³/mol. The van der Waals surface area contributed by atoms with E-state index in [-0.39, 0.29) is 5.91 Å². The number of benzene rings is 1. The van der Waals surface area contributed by atoms with Gasteiger partial charge >= 0.3 is 0 Å². The summed E-state index contributed by atoms with van der Waals surface area (Å²) in [6.45, 7) is 0.770. The maximum Gasteiger partial charge on any atom is 0.237 e. The standard InChI is InChI=1S/C14H20N2O/c15-13(10-12-4-2-1-3-5-12)14(17)16-9-8-11-6-7-11/h1-5,11,13H,6-10,15H2,(H,16,17)/t13-/m1/s1. The molecule has 1 saturated carbocycles. The number of hydrogen-bond donors (Lipinski definition) is 2. The van der Waals surface area contributed by atoms with Gasteiger partial charge in [0.1, 0.15) is 0 Å². The SMILES string of the molecule is N[C@H](Cc1ccccc1)C(=O)NCCC1CC1. The van der Waals surface area contributed by atoms with Crippen LogP contribution < -0.4 is 11.1 Å². The average Bonchev–Trinajstić information content (AvgIpc) is 3.14. The molecule has 0 aliphatic heterocycles. The fraction of sp³-hybridized carbons (Fsp3) is 0.500. The van der Waals surface area contributed by atoms with Crippen molar-refractivity contribution in [1.82, 2.24) is 5.32 Å². The number of carbonyl (C=O) groups is 1. The fourth-order valence-electron chi connectivity index (χ4n) is 1.90. The summed E-state index contributed by atoms with van der Waals surface area (Å²) in [5, 5.41) is 2.91. The van der Waals surface area contributed by atoms with E-state index in [1.165, 1.54) is 12.8 Å². The van der Waals surface area contributed by atoms with Gasteiger partial charge in [0, 0.05) is 6.54 Å². The first kappa shape index (κ1) is 12.1. The van der Waals surface area contributed by atoms with E-state index in [2.05, 4.69) is 5.32 Å². The molecule has 0 radical (unpaired) electrons. The first-order valence-corrected chi connectivity index (χ1v) is 6.33. The molecule has 3 heteroatoms. The second-order valence-corrected chi connectivity index (χ2v) is 4.82. The highest BCUT2D eigenvalue weighted by atomic mass is 16.2. The lowest BCUT2D eigenvalue weighted by molar-refractivity contribution is -0.122. The van der Waals surface area contributed by atoms with Crippen molar-refractivity contribution in [1.29, 1.82) is 0 Å². The van der Waals surface area contributed by atoms with Crippen molar-refractivity contribution in [2.45, 2.75) is 31.7 Å². The molecule has 17 heavy (non-hydrogen) atoms. The van der Waals surface area contributed by atoms with Crippen LogP contribution >= 0.6 is 0 Å². The first-order valence-electron chi connectivity index (χ1n) is 6.33. The minimum Gasteiger partial charge on any atom is -0.355 e. The second kappa shape index (κ2) is 5.82. The number of amides is 1. The number of rotatable bonds is 6. The van der Waals surface area contributed by atoms with E-state index in [0.29, 0.717) is 6.42 Å². The van der Waals surface area contributed by atoms with Gasteiger partial charge in [0.25, 0.3) is 0 Å². The summed E-state index contributed by atoms with van der Waals surface area (Å²) >= 11 is 0. The molecule has 1 aromatic rings. The van der Waals surface area contributed by atoms with Crippen LogP contribution in [0.4, 0.5) is 0 Å². The Kier molecular flexibility index (Phi) is 4.15. The fourth-order valence-corrected chi connectivity index (χ4v) is 1.90. The highest BCUT2D eigenvalue weighted by Crippen LogP contribution is 2.31. The lowest BCUT2D eigenvalue weighted by Gasteiger charge is -2.12. The van der Waals surface area contributed by atoms with E-state index in [0.717, 1.165) is 24.4 Å². The molecule has 0 saturated heterocycles. The van der Waals surface area contributed by atoms with E-state index >= 15 is 0 Å². The van der Waals surface area contributed by atoms with Gasteiger partial charge in [-0.3, -0.25) is 4.79 Å². The van der Waals surface area contributed by atoms with Gasteiger partial charge in [-0.25, -0.2) is 0 Å². The van der Waals surface area contributed by atoms with E-state index < -0.39 is 6.04 Å². The molecule has 2 rings (SSSR count). The van der Waals surface area contributed by atoms with Crippen molar-refractivity contribution in [3.63, 3.8) is 0 Å². The van der Waals surface area contributed by atoms with Crippen LogP contribution in [0.3, 0.4) is 0 Å². The molecule has 1 aromatic carbocycles. The Balaban J connectivity index is 1.70. The van der Waals surface area contributed by atoms with Crippen LogP contribution in [0.2, 0.25) is 0 Å². The molecule has 0 aromatic heterocycles. The minimum atomic E-state index is -0.434. The summed E-state index contributed by atoms with van der Waals surface area (Å²) in [5.74, 6) is 0.815. The van der Waals surface area contributed by atoms with E-state index in [1.54, 1.807) is 0 Å². The molecule has 0 heterocycles. The molecule has 92 valence electrons. The van der Waals surface area contributed by atoms with E-state index in [1.807, 2.05) is 30.3 Å². The summed E-state index contributed by atoms with van der Waals surface area (Å²) in [4.78, 5) is 11.7. The molecule has 3 nitrogen and oxygen atoms in total. The Labute approximate surface area is 102 Å². The Bertz CT molecular complexity index is 360. The summed E-state index contributed by atoms with van der Waals surface area (Å²) in [6, 6.07) is 9.45. The van der Waals surface area contributed by atoms with Crippen molar-refractivity contribution in [2.24, 2.45) is 11.7 Å². The van der Waals surface area contributed by atoms with Gasteiger partial charge in [0.15, 0.2) is 0 Å². The largest absolute Gasteiger partial charge is 0.355 e. The minimum absolute atomic E-state index is 0.0329. The number of nitrogens with two attached hydrogens (primary N) is 1. The lowest BCUT2D eigenvalue weighted by Crippen LogP contribution is -2.42. The summed E-state index contributed by atoms with van der Waals surface area (Å²) < 4.78 is 0. The molecule has 1 aliphatic carbocycles. The van der Waals surface area contributed by atoms with Gasteiger partial charge in [-0.2, -0.15) is 0 Å². The van der Waals surface area contributed by atoms with Crippen molar-refractivity contribution in [3.05, 3.63) is 35.9 Å². The summed E-state index contributed by atoms with van der Waals surface area (Å²) in [7, 11) is 0.